The number of hydrogen-bond donors (Lipinski definition) is 2. The van der Waals surface area contributed by atoms with E-state index in [-0.39, 0.29) is 23.7 Å². The Bertz CT molecular complexity index is 498. The van der Waals surface area contributed by atoms with E-state index >= 15 is 0 Å². The number of rotatable bonds is 7. The topological polar surface area (TPSA) is 41.1 Å². The second kappa shape index (κ2) is 7.80. The Morgan fingerprint density at radius 3 is 2.45 bits per heavy atom. The Balaban J connectivity index is 0.00000176. The Morgan fingerprint density at radius 2 is 1.91 bits per heavy atom. The van der Waals surface area contributed by atoms with Crippen LogP contribution in [0, 0.1) is 5.92 Å². The first-order valence-corrected chi connectivity index (χ1v) is 8.71. The maximum atomic E-state index is 11.9. The summed E-state index contributed by atoms with van der Waals surface area (Å²) in [5.74, 6) is 0.942. The highest BCUT2D eigenvalue weighted by Crippen LogP contribution is 2.43. The molecular formula is C17H24BrClN2O. The van der Waals surface area contributed by atoms with E-state index < -0.39 is 0 Å². The molecule has 1 aromatic rings. The molecule has 1 amide bonds. The number of hydrogen-bond acceptors (Lipinski definition) is 2. The number of nitrogens with one attached hydrogen (secondary N) is 2. The van der Waals surface area contributed by atoms with Gasteiger partial charge in [-0.15, -0.1) is 12.4 Å². The first-order chi connectivity index (χ1) is 10.2. The van der Waals surface area contributed by atoms with Gasteiger partial charge in [0.1, 0.15) is 0 Å². The number of halogens is 2. The lowest BCUT2D eigenvalue weighted by atomic mass is 9.64. The van der Waals surface area contributed by atoms with E-state index in [1.54, 1.807) is 0 Å². The Morgan fingerprint density at radius 1 is 1.23 bits per heavy atom. The van der Waals surface area contributed by atoms with E-state index in [0.717, 1.165) is 23.5 Å². The number of amides is 1. The Labute approximate surface area is 147 Å². The van der Waals surface area contributed by atoms with Crippen molar-refractivity contribution in [2.75, 3.05) is 19.6 Å². The van der Waals surface area contributed by atoms with Gasteiger partial charge in [-0.2, -0.15) is 0 Å². The van der Waals surface area contributed by atoms with Gasteiger partial charge in [0.05, 0.1) is 6.54 Å². The van der Waals surface area contributed by atoms with E-state index in [1.165, 1.54) is 37.7 Å². The van der Waals surface area contributed by atoms with Gasteiger partial charge in [0.2, 0.25) is 5.91 Å². The molecule has 22 heavy (non-hydrogen) atoms. The second-order valence-electron chi connectivity index (χ2n) is 6.49. The third-order valence-electron chi connectivity index (χ3n) is 4.81. The molecule has 2 fully saturated rings. The van der Waals surface area contributed by atoms with Gasteiger partial charge in [-0.25, -0.2) is 0 Å². The van der Waals surface area contributed by atoms with Gasteiger partial charge in [-0.3, -0.25) is 4.79 Å². The Hall–Kier alpha value is -0.580. The highest BCUT2D eigenvalue weighted by molar-refractivity contribution is 9.10. The normalized spacial score (nSPS) is 19.0. The summed E-state index contributed by atoms with van der Waals surface area (Å²) in [7, 11) is 0. The first-order valence-electron chi connectivity index (χ1n) is 7.91. The van der Waals surface area contributed by atoms with Crippen LogP contribution < -0.4 is 10.6 Å². The van der Waals surface area contributed by atoms with E-state index in [9.17, 15) is 4.79 Å². The fraction of sp³-hybridized carbons (Fsp3) is 0.588. The van der Waals surface area contributed by atoms with Gasteiger partial charge in [-0.1, -0.05) is 34.5 Å². The summed E-state index contributed by atoms with van der Waals surface area (Å²) in [6.07, 6.45) is 6.24. The third-order valence-corrected chi connectivity index (χ3v) is 5.34. The zero-order chi connectivity index (χ0) is 14.7. The van der Waals surface area contributed by atoms with Crippen LogP contribution in [0.15, 0.2) is 28.7 Å². The molecule has 122 valence electrons. The lowest BCUT2D eigenvalue weighted by Crippen LogP contribution is -2.47. The zero-order valence-corrected chi connectivity index (χ0v) is 15.1. The molecule has 3 nitrogen and oxygen atoms in total. The SMILES string of the molecule is Cl.O=C(CNCC1CC1)NCC1(c2ccc(Br)cc2)CCC1. The minimum Gasteiger partial charge on any atom is -0.354 e. The van der Waals surface area contributed by atoms with Gasteiger partial charge < -0.3 is 10.6 Å². The van der Waals surface area contributed by atoms with Gasteiger partial charge in [0.25, 0.3) is 0 Å². The molecule has 0 spiro atoms. The standard InChI is InChI=1S/C17H23BrN2O.ClH/c18-15-6-4-14(5-7-15)17(8-1-9-17)12-20-16(21)11-19-10-13-2-3-13;/h4-7,13,19H,1-3,8-12H2,(H,20,21);1H. The summed E-state index contributed by atoms with van der Waals surface area (Å²) in [5, 5.41) is 6.37. The Kier molecular flexibility index (Phi) is 6.30. The number of benzene rings is 1. The van der Waals surface area contributed by atoms with Crippen molar-refractivity contribution in [3.63, 3.8) is 0 Å². The molecule has 2 aliphatic carbocycles. The van der Waals surface area contributed by atoms with Crippen LogP contribution in [-0.4, -0.2) is 25.5 Å². The predicted octanol–water partition coefficient (Wildman–Crippen LogP) is 3.41. The largest absolute Gasteiger partial charge is 0.354 e. The van der Waals surface area contributed by atoms with Gasteiger partial charge in [-0.05, 0) is 55.8 Å². The van der Waals surface area contributed by atoms with Crippen LogP contribution in [0.2, 0.25) is 0 Å². The van der Waals surface area contributed by atoms with Crippen LogP contribution in [0.1, 0.15) is 37.7 Å². The van der Waals surface area contributed by atoms with E-state index in [4.69, 9.17) is 0 Å². The molecule has 3 rings (SSSR count). The maximum Gasteiger partial charge on any atom is 0.233 e. The van der Waals surface area contributed by atoms with Crippen molar-refractivity contribution in [2.45, 2.75) is 37.5 Å². The molecule has 0 atom stereocenters. The maximum absolute atomic E-state index is 11.9. The van der Waals surface area contributed by atoms with Crippen LogP contribution in [-0.2, 0) is 10.2 Å². The molecule has 0 bridgehead atoms. The summed E-state index contributed by atoms with van der Waals surface area (Å²) in [6, 6.07) is 8.55. The summed E-state index contributed by atoms with van der Waals surface area (Å²) >= 11 is 3.48. The lowest BCUT2D eigenvalue weighted by Gasteiger charge is -2.42. The molecule has 0 radical (unpaired) electrons. The highest BCUT2D eigenvalue weighted by Gasteiger charge is 2.38. The monoisotopic (exact) mass is 386 g/mol. The predicted molar refractivity (Wildman–Crippen MR) is 95.5 cm³/mol. The van der Waals surface area contributed by atoms with Gasteiger partial charge in [0.15, 0.2) is 0 Å². The first kappa shape index (κ1) is 17.8. The van der Waals surface area contributed by atoms with Crippen molar-refractivity contribution in [3.05, 3.63) is 34.3 Å². The molecule has 2 N–H and O–H groups in total. The highest BCUT2D eigenvalue weighted by atomic mass is 79.9. The lowest BCUT2D eigenvalue weighted by molar-refractivity contribution is -0.120. The van der Waals surface area contributed by atoms with Crippen molar-refractivity contribution < 1.29 is 4.79 Å². The molecule has 2 aliphatic rings. The number of carbonyl (C=O) groups is 1. The van der Waals surface area contributed by atoms with Gasteiger partial charge >= 0.3 is 0 Å². The summed E-state index contributed by atoms with van der Waals surface area (Å²) in [5.41, 5.74) is 1.51. The molecule has 0 aliphatic heterocycles. The van der Waals surface area contributed by atoms with Crippen molar-refractivity contribution in [3.8, 4) is 0 Å². The van der Waals surface area contributed by atoms with Crippen molar-refractivity contribution >= 4 is 34.2 Å². The molecule has 1 aromatic carbocycles. The van der Waals surface area contributed by atoms with E-state index in [0.29, 0.717) is 6.54 Å². The molecule has 0 aromatic heterocycles. The number of carbonyl (C=O) groups excluding carboxylic acids is 1. The van der Waals surface area contributed by atoms with E-state index in [2.05, 4.69) is 50.8 Å². The van der Waals surface area contributed by atoms with Crippen LogP contribution in [0.25, 0.3) is 0 Å². The molecule has 0 saturated heterocycles. The summed E-state index contributed by atoms with van der Waals surface area (Å²) in [4.78, 5) is 11.9. The van der Waals surface area contributed by atoms with Crippen LogP contribution in [0.3, 0.4) is 0 Å². The minimum atomic E-state index is 0. The third kappa shape index (κ3) is 4.46. The molecule has 5 heteroatoms. The average Bonchev–Trinajstić information content (AvgIpc) is 3.23. The quantitative estimate of drug-likeness (QED) is 0.753. The van der Waals surface area contributed by atoms with Crippen LogP contribution in [0.4, 0.5) is 0 Å². The minimum absolute atomic E-state index is 0. The van der Waals surface area contributed by atoms with Crippen LogP contribution >= 0.6 is 28.3 Å². The molecular weight excluding hydrogens is 364 g/mol. The van der Waals surface area contributed by atoms with E-state index in [1.807, 2.05) is 0 Å². The smallest absolute Gasteiger partial charge is 0.233 e. The van der Waals surface area contributed by atoms with Crippen LogP contribution in [0.5, 0.6) is 0 Å². The zero-order valence-electron chi connectivity index (χ0n) is 12.7. The molecule has 0 heterocycles. The molecule has 2 saturated carbocycles. The van der Waals surface area contributed by atoms with Crippen molar-refractivity contribution in [1.82, 2.24) is 10.6 Å². The second-order valence-corrected chi connectivity index (χ2v) is 7.41. The summed E-state index contributed by atoms with van der Waals surface area (Å²) < 4.78 is 1.11. The van der Waals surface area contributed by atoms with Gasteiger partial charge in [0, 0.05) is 16.4 Å². The van der Waals surface area contributed by atoms with Crippen molar-refractivity contribution in [2.24, 2.45) is 5.92 Å². The summed E-state index contributed by atoms with van der Waals surface area (Å²) in [6.45, 7) is 2.21. The fourth-order valence-corrected chi connectivity index (χ4v) is 3.28. The fourth-order valence-electron chi connectivity index (χ4n) is 3.02. The molecule has 0 unspecified atom stereocenters. The average molecular weight is 388 g/mol. The van der Waals surface area contributed by atoms with Crippen molar-refractivity contribution in [1.29, 1.82) is 0 Å².